The van der Waals surface area contributed by atoms with Crippen LogP contribution in [-0.4, -0.2) is 16.6 Å². The van der Waals surface area contributed by atoms with Crippen LogP contribution in [0.4, 0.5) is 5.82 Å². The predicted molar refractivity (Wildman–Crippen MR) is 70.6 cm³/mol. The third-order valence-electron chi connectivity index (χ3n) is 3.30. The average molecular weight is 241 g/mol. The number of aryl methyl sites for hydroxylation is 2. The molecule has 1 aromatic heterocycles. The summed E-state index contributed by atoms with van der Waals surface area (Å²) in [4.78, 5) is 8.89. The zero-order valence-corrected chi connectivity index (χ0v) is 10.5. The minimum Gasteiger partial charge on any atom is -0.492 e. The highest BCUT2D eigenvalue weighted by molar-refractivity contribution is 5.77. The number of benzene rings is 1. The van der Waals surface area contributed by atoms with Crippen molar-refractivity contribution in [2.24, 2.45) is 0 Å². The van der Waals surface area contributed by atoms with Crippen LogP contribution in [0.3, 0.4) is 0 Å². The van der Waals surface area contributed by atoms with E-state index < -0.39 is 0 Å². The zero-order chi connectivity index (χ0) is 12.7. The van der Waals surface area contributed by atoms with Gasteiger partial charge in [-0.25, -0.2) is 9.97 Å². The fourth-order valence-electron chi connectivity index (χ4n) is 2.22. The highest BCUT2D eigenvalue weighted by Gasteiger charge is 2.20. The van der Waals surface area contributed by atoms with Crippen LogP contribution in [-0.2, 0) is 6.42 Å². The van der Waals surface area contributed by atoms with E-state index in [1.165, 1.54) is 5.56 Å². The van der Waals surface area contributed by atoms with Gasteiger partial charge in [0.1, 0.15) is 17.3 Å². The molecule has 2 heterocycles. The average Bonchev–Trinajstić information content (AvgIpc) is 2.82. The molecule has 0 bridgehead atoms. The maximum atomic E-state index is 5.99. The molecule has 1 aliphatic heterocycles. The van der Waals surface area contributed by atoms with Crippen LogP contribution < -0.4 is 10.5 Å². The first-order valence-corrected chi connectivity index (χ1v) is 6.02. The molecule has 2 aromatic rings. The van der Waals surface area contributed by atoms with E-state index in [1.54, 1.807) is 0 Å². The number of anilines is 1. The van der Waals surface area contributed by atoms with Crippen molar-refractivity contribution in [3.05, 3.63) is 35.2 Å². The second kappa shape index (κ2) is 3.98. The van der Waals surface area contributed by atoms with E-state index in [4.69, 9.17) is 10.5 Å². The number of rotatable bonds is 1. The number of nitrogens with zero attached hydrogens (tertiary/aromatic N) is 2. The molecule has 0 saturated heterocycles. The third-order valence-corrected chi connectivity index (χ3v) is 3.30. The van der Waals surface area contributed by atoms with Gasteiger partial charge in [-0.15, -0.1) is 0 Å². The van der Waals surface area contributed by atoms with Gasteiger partial charge in [-0.05, 0) is 25.5 Å². The van der Waals surface area contributed by atoms with Crippen LogP contribution in [0.25, 0.3) is 11.3 Å². The molecule has 0 amide bonds. The molecule has 0 saturated carbocycles. The minimum atomic E-state index is 0.460. The number of para-hydroxylation sites is 1. The van der Waals surface area contributed by atoms with Gasteiger partial charge in [0.05, 0.1) is 18.0 Å². The van der Waals surface area contributed by atoms with Crippen LogP contribution in [0.2, 0.25) is 0 Å². The Morgan fingerprint density at radius 3 is 2.78 bits per heavy atom. The zero-order valence-electron chi connectivity index (χ0n) is 10.5. The number of aromatic nitrogens is 2. The van der Waals surface area contributed by atoms with E-state index in [-0.39, 0.29) is 0 Å². The fourth-order valence-corrected chi connectivity index (χ4v) is 2.22. The van der Waals surface area contributed by atoms with Crippen LogP contribution >= 0.6 is 0 Å². The van der Waals surface area contributed by atoms with Crippen molar-refractivity contribution in [3.8, 4) is 17.0 Å². The van der Waals surface area contributed by atoms with E-state index in [2.05, 4.69) is 16.0 Å². The molecule has 1 aromatic carbocycles. The summed E-state index contributed by atoms with van der Waals surface area (Å²) in [6.45, 7) is 4.58. The van der Waals surface area contributed by atoms with E-state index in [1.807, 2.05) is 26.0 Å². The molecule has 2 N–H and O–H groups in total. The molecule has 4 heteroatoms. The smallest absolute Gasteiger partial charge is 0.150 e. The van der Waals surface area contributed by atoms with Crippen LogP contribution in [0.5, 0.6) is 5.75 Å². The number of fused-ring (bicyclic) bond motifs is 1. The summed E-state index contributed by atoms with van der Waals surface area (Å²) < 4.78 is 5.69. The molecule has 0 radical (unpaired) electrons. The lowest BCUT2D eigenvalue weighted by Gasteiger charge is -2.11. The predicted octanol–water partition coefficient (Wildman–Crippen LogP) is 2.28. The summed E-state index contributed by atoms with van der Waals surface area (Å²) in [5.74, 6) is 1.36. The van der Waals surface area contributed by atoms with Gasteiger partial charge in [0.15, 0.2) is 0 Å². The second-order valence-electron chi connectivity index (χ2n) is 4.52. The number of hydrogen-bond donors (Lipinski definition) is 1. The van der Waals surface area contributed by atoms with Crippen LogP contribution in [0.15, 0.2) is 18.2 Å². The van der Waals surface area contributed by atoms with Crippen molar-refractivity contribution in [2.75, 3.05) is 12.3 Å². The van der Waals surface area contributed by atoms with Crippen molar-refractivity contribution >= 4 is 5.82 Å². The van der Waals surface area contributed by atoms with E-state index in [9.17, 15) is 0 Å². The van der Waals surface area contributed by atoms with E-state index in [0.717, 1.165) is 41.4 Å². The highest BCUT2D eigenvalue weighted by atomic mass is 16.5. The van der Waals surface area contributed by atoms with Crippen LogP contribution in [0.1, 0.15) is 17.0 Å². The Hall–Kier alpha value is -2.10. The minimum absolute atomic E-state index is 0.460. The molecule has 0 unspecified atom stereocenters. The Bertz CT molecular complexity index is 623. The van der Waals surface area contributed by atoms with Crippen molar-refractivity contribution in [1.82, 2.24) is 9.97 Å². The molecule has 92 valence electrons. The Morgan fingerprint density at radius 1 is 1.17 bits per heavy atom. The third kappa shape index (κ3) is 1.61. The van der Waals surface area contributed by atoms with Crippen LogP contribution in [0, 0.1) is 13.8 Å². The molecular formula is C14H15N3O. The van der Waals surface area contributed by atoms with Crippen molar-refractivity contribution in [1.29, 1.82) is 0 Å². The maximum Gasteiger partial charge on any atom is 0.150 e. The number of ether oxygens (including phenoxy) is 1. The van der Waals surface area contributed by atoms with Gasteiger partial charge in [0, 0.05) is 12.0 Å². The van der Waals surface area contributed by atoms with Gasteiger partial charge in [0.2, 0.25) is 0 Å². The first kappa shape index (κ1) is 11.0. The lowest BCUT2D eigenvalue weighted by atomic mass is 10.1. The molecule has 18 heavy (non-hydrogen) atoms. The SMILES string of the molecule is Cc1nc(N)c(-c2cccc3c2OCC3)nc1C. The lowest BCUT2D eigenvalue weighted by molar-refractivity contribution is 0.358. The molecule has 0 spiro atoms. The van der Waals surface area contributed by atoms with Crippen molar-refractivity contribution < 1.29 is 4.74 Å². The normalized spacial score (nSPS) is 13.2. The van der Waals surface area contributed by atoms with E-state index >= 15 is 0 Å². The van der Waals surface area contributed by atoms with Crippen molar-refractivity contribution in [2.45, 2.75) is 20.3 Å². The molecule has 1 aliphatic rings. The Labute approximate surface area is 106 Å². The summed E-state index contributed by atoms with van der Waals surface area (Å²) >= 11 is 0. The number of nitrogens with two attached hydrogens (primary N) is 1. The molecule has 4 nitrogen and oxygen atoms in total. The fraction of sp³-hybridized carbons (Fsp3) is 0.286. The van der Waals surface area contributed by atoms with Gasteiger partial charge in [-0.2, -0.15) is 0 Å². The Morgan fingerprint density at radius 2 is 1.94 bits per heavy atom. The van der Waals surface area contributed by atoms with Gasteiger partial charge in [-0.3, -0.25) is 0 Å². The Kier molecular flexibility index (Phi) is 2.44. The highest BCUT2D eigenvalue weighted by Crippen LogP contribution is 2.37. The van der Waals surface area contributed by atoms with E-state index in [0.29, 0.717) is 5.82 Å². The molecule has 0 atom stereocenters. The molecule has 0 aliphatic carbocycles. The van der Waals surface area contributed by atoms with Gasteiger partial charge in [0.25, 0.3) is 0 Å². The maximum absolute atomic E-state index is 5.99. The molecule has 0 fully saturated rings. The lowest BCUT2D eigenvalue weighted by Crippen LogP contribution is -2.03. The quantitative estimate of drug-likeness (QED) is 0.832. The first-order chi connectivity index (χ1) is 8.66. The monoisotopic (exact) mass is 241 g/mol. The largest absolute Gasteiger partial charge is 0.492 e. The van der Waals surface area contributed by atoms with Crippen molar-refractivity contribution in [3.63, 3.8) is 0 Å². The summed E-state index contributed by atoms with van der Waals surface area (Å²) in [7, 11) is 0. The molecule has 3 rings (SSSR count). The standard InChI is InChI=1S/C14H15N3O/c1-8-9(2)17-14(15)12(16-8)11-5-3-4-10-6-7-18-13(10)11/h3-5H,6-7H2,1-2H3,(H2,15,17). The topological polar surface area (TPSA) is 61.0 Å². The summed E-state index contributed by atoms with van der Waals surface area (Å²) in [6.07, 6.45) is 0.946. The second-order valence-corrected chi connectivity index (χ2v) is 4.52. The summed E-state index contributed by atoms with van der Waals surface area (Å²) in [6, 6.07) is 6.08. The molecular weight excluding hydrogens is 226 g/mol. The number of nitrogen functional groups attached to an aromatic ring is 1. The Balaban J connectivity index is 2.22. The summed E-state index contributed by atoms with van der Waals surface area (Å²) in [5.41, 5.74) is 10.6. The van der Waals surface area contributed by atoms with Gasteiger partial charge < -0.3 is 10.5 Å². The first-order valence-electron chi connectivity index (χ1n) is 6.02. The van der Waals surface area contributed by atoms with Gasteiger partial charge in [-0.1, -0.05) is 12.1 Å². The van der Waals surface area contributed by atoms with Gasteiger partial charge >= 0.3 is 0 Å². The summed E-state index contributed by atoms with van der Waals surface area (Å²) in [5, 5.41) is 0. The number of hydrogen-bond acceptors (Lipinski definition) is 4.